The van der Waals surface area contributed by atoms with Gasteiger partial charge < -0.3 is 18.9 Å². The maximum atomic E-state index is 5.27. The SMILES string of the molecule is C/C=C\OCCOCCOCCO/C=C\C. The van der Waals surface area contributed by atoms with Gasteiger partial charge in [-0.3, -0.25) is 0 Å². The van der Waals surface area contributed by atoms with Gasteiger partial charge >= 0.3 is 0 Å². The maximum Gasteiger partial charge on any atom is 0.111 e. The fourth-order valence-electron chi connectivity index (χ4n) is 0.865. The van der Waals surface area contributed by atoms with Crippen LogP contribution in [-0.4, -0.2) is 39.6 Å². The van der Waals surface area contributed by atoms with Crippen LogP contribution in [0.15, 0.2) is 24.7 Å². The minimum atomic E-state index is 0.578. The molecule has 16 heavy (non-hydrogen) atoms. The Morgan fingerprint density at radius 2 is 1.00 bits per heavy atom. The van der Waals surface area contributed by atoms with E-state index in [9.17, 15) is 0 Å². The summed E-state index contributed by atoms with van der Waals surface area (Å²) < 4.78 is 20.7. The van der Waals surface area contributed by atoms with Crippen LogP contribution in [0.2, 0.25) is 0 Å². The van der Waals surface area contributed by atoms with Crippen LogP contribution in [-0.2, 0) is 18.9 Å². The minimum absolute atomic E-state index is 0.578. The lowest BCUT2D eigenvalue weighted by Gasteiger charge is -2.05. The molecule has 94 valence electrons. The van der Waals surface area contributed by atoms with Gasteiger partial charge in [0.15, 0.2) is 0 Å². The van der Waals surface area contributed by atoms with Crippen molar-refractivity contribution in [3.8, 4) is 0 Å². The standard InChI is InChI=1S/C12H22O4/c1-3-5-13-7-9-15-11-12-16-10-8-14-6-4-2/h3-6H,7-12H2,1-2H3/b5-3-,6-4-. The molecule has 0 rings (SSSR count). The molecule has 0 heterocycles. The van der Waals surface area contributed by atoms with Crippen LogP contribution in [0.3, 0.4) is 0 Å². The van der Waals surface area contributed by atoms with Crippen LogP contribution in [0.4, 0.5) is 0 Å². The molecule has 0 aromatic heterocycles. The van der Waals surface area contributed by atoms with Crippen molar-refractivity contribution in [3.05, 3.63) is 24.7 Å². The molecule has 0 amide bonds. The lowest BCUT2D eigenvalue weighted by atomic mass is 10.7. The molecule has 0 spiro atoms. The smallest absolute Gasteiger partial charge is 0.111 e. The van der Waals surface area contributed by atoms with Crippen molar-refractivity contribution < 1.29 is 18.9 Å². The van der Waals surface area contributed by atoms with E-state index >= 15 is 0 Å². The van der Waals surface area contributed by atoms with E-state index in [2.05, 4.69) is 0 Å². The molecule has 0 bridgehead atoms. The summed E-state index contributed by atoms with van der Waals surface area (Å²) in [6, 6.07) is 0. The highest BCUT2D eigenvalue weighted by Crippen LogP contribution is 1.83. The van der Waals surface area contributed by atoms with Crippen molar-refractivity contribution in [1.29, 1.82) is 0 Å². The Kier molecular flexibility index (Phi) is 13.1. The number of rotatable bonds is 11. The Balaban J connectivity index is 2.93. The van der Waals surface area contributed by atoms with Gasteiger partial charge in [0.2, 0.25) is 0 Å². The largest absolute Gasteiger partial charge is 0.499 e. The van der Waals surface area contributed by atoms with Crippen LogP contribution in [0, 0.1) is 0 Å². The third kappa shape index (κ3) is 13.0. The van der Waals surface area contributed by atoms with Crippen molar-refractivity contribution in [3.63, 3.8) is 0 Å². The van der Waals surface area contributed by atoms with Gasteiger partial charge in [0.1, 0.15) is 13.2 Å². The normalized spacial score (nSPS) is 11.4. The van der Waals surface area contributed by atoms with E-state index in [0.717, 1.165) is 0 Å². The van der Waals surface area contributed by atoms with Gasteiger partial charge in [-0.25, -0.2) is 0 Å². The summed E-state index contributed by atoms with van der Waals surface area (Å²) in [5.74, 6) is 0. The van der Waals surface area contributed by atoms with Crippen molar-refractivity contribution >= 4 is 0 Å². The first-order valence-electron chi connectivity index (χ1n) is 5.52. The van der Waals surface area contributed by atoms with E-state index in [0.29, 0.717) is 39.6 Å². The molecule has 4 heteroatoms. The average molecular weight is 230 g/mol. The molecule has 0 aliphatic heterocycles. The molecule has 0 aliphatic rings. The zero-order chi connectivity index (χ0) is 11.9. The number of ether oxygens (including phenoxy) is 4. The van der Waals surface area contributed by atoms with Crippen molar-refractivity contribution in [2.24, 2.45) is 0 Å². The average Bonchev–Trinajstić information content (AvgIpc) is 2.31. The van der Waals surface area contributed by atoms with E-state index < -0.39 is 0 Å². The lowest BCUT2D eigenvalue weighted by Crippen LogP contribution is -2.10. The van der Waals surface area contributed by atoms with Gasteiger partial charge in [0, 0.05) is 0 Å². The number of hydrogen-bond acceptors (Lipinski definition) is 4. The second-order valence-corrected chi connectivity index (χ2v) is 2.91. The second-order valence-electron chi connectivity index (χ2n) is 2.91. The van der Waals surface area contributed by atoms with Crippen molar-refractivity contribution in [1.82, 2.24) is 0 Å². The second kappa shape index (κ2) is 14.0. The number of allylic oxidation sites excluding steroid dienone is 2. The lowest BCUT2D eigenvalue weighted by molar-refractivity contribution is 0.0185. The predicted octanol–water partition coefficient (Wildman–Crippen LogP) is 2.12. The van der Waals surface area contributed by atoms with Crippen LogP contribution < -0.4 is 0 Å². The summed E-state index contributed by atoms with van der Waals surface area (Å²) in [4.78, 5) is 0. The summed E-state index contributed by atoms with van der Waals surface area (Å²) in [6.07, 6.45) is 6.98. The molecule has 0 radical (unpaired) electrons. The Morgan fingerprint density at radius 3 is 1.38 bits per heavy atom. The Morgan fingerprint density at radius 1 is 0.625 bits per heavy atom. The third-order valence-corrected chi connectivity index (χ3v) is 1.53. The molecule has 0 saturated heterocycles. The fraction of sp³-hybridized carbons (Fsp3) is 0.667. The first kappa shape index (κ1) is 15.0. The molecule has 0 unspecified atom stereocenters. The molecular formula is C12H22O4. The molecule has 0 aromatic carbocycles. The summed E-state index contributed by atoms with van der Waals surface area (Å²) in [5.41, 5.74) is 0. The monoisotopic (exact) mass is 230 g/mol. The third-order valence-electron chi connectivity index (χ3n) is 1.53. The fourth-order valence-corrected chi connectivity index (χ4v) is 0.865. The molecular weight excluding hydrogens is 208 g/mol. The predicted molar refractivity (Wildman–Crippen MR) is 63.2 cm³/mol. The molecule has 0 N–H and O–H groups in total. The molecule has 0 aliphatic carbocycles. The summed E-state index contributed by atoms with van der Waals surface area (Å²) in [6.45, 7) is 7.32. The van der Waals surface area contributed by atoms with Gasteiger partial charge in [-0.05, 0) is 13.8 Å². The zero-order valence-corrected chi connectivity index (χ0v) is 10.2. The molecule has 0 aromatic rings. The maximum absolute atomic E-state index is 5.27. The summed E-state index contributed by atoms with van der Waals surface area (Å²) >= 11 is 0. The van der Waals surface area contributed by atoms with Gasteiger partial charge in [-0.1, -0.05) is 12.2 Å². The quantitative estimate of drug-likeness (QED) is 0.402. The van der Waals surface area contributed by atoms with E-state index in [-0.39, 0.29) is 0 Å². The zero-order valence-electron chi connectivity index (χ0n) is 10.2. The van der Waals surface area contributed by atoms with Gasteiger partial charge in [0.05, 0.1) is 39.0 Å². The molecule has 0 saturated carbocycles. The first-order chi connectivity index (χ1) is 7.91. The van der Waals surface area contributed by atoms with Gasteiger partial charge in [0.25, 0.3) is 0 Å². The van der Waals surface area contributed by atoms with Crippen molar-refractivity contribution in [2.45, 2.75) is 13.8 Å². The first-order valence-corrected chi connectivity index (χ1v) is 5.52. The van der Waals surface area contributed by atoms with Crippen LogP contribution in [0.25, 0.3) is 0 Å². The van der Waals surface area contributed by atoms with Gasteiger partial charge in [-0.15, -0.1) is 0 Å². The molecule has 0 atom stereocenters. The van der Waals surface area contributed by atoms with E-state index in [1.54, 1.807) is 12.5 Å². The van der Waals surface area contributed by atoms with E-state index in [1.807, 2.05) is 26.0 Å². The van der Waals surface area contributed by atoms with Crippen molar-refractivity contribution in [2.75, 3.05) is 39.6 Å². The highest BCUT2D eigenvalue weighted by molar-refractivity contribution is 4.65. The highest BCUT2D eigenvalue weighted by Gasteiger charge is 1.90. The molecule has 4 nitrogen and oxygen atoms in total. The minimum Gasteiger partial charge on any atom is -0.499 e. The van der Waals surface area contributed by atoms with E-state index in [1.165, 1.54) is 0 Å². The van der Waals surface area contributed by atoms with E-state index in [4.69, 9.17) is 18.9 Å². The Bertz CT molecular complexity index is 158. The number of hydrogen-bond donors (Lipinski definition) is 0. The topological polar surface area (TPSA) is 36.9 Å². The summed E-state index contributed by atoms with van der Waals surface area (Å²) in [5, 5.41) is 0. The van der Waals surface area contributed by atoms with Crippen LogP contribution in [0.5, 0.6) is 0 Å². The van der Waals surface area contributed by atoms with Crippen LogP contribution in [0.1, 0.15) is 13.8 Å². The Hall–Kier alpha value is -1.00. The Labute approximate surface area is 97.8 Å². The highest BCUT2D eigenvalue weighted by atomic mass is 16.6. The van der Waals surface area contributed by atoms with Crippen LogP contribution >= 0.6 is 0 Å². The molecule has 0 fully saturated rings. The summed E-state index contributed by atoms with van der Waals surface area (Å²) in [7, 11) is 0. The van der Waals surface area contributed by atoms with Gasteiger partial charge in [-0.2, -0.15) is 0 Å².